The summed E-state index contributed by atoms with van der Waals surface area (Å²) in [5.74, 6) is -1.95. The summed E-state index contributed by atoms with van der Waals surface area (Å²) in [5, 5.41) is 16.9. The van der Waals surface area contributed by atoms with Gasteiger partial charge in [-0.05, 0) is 28.8 Å². The Labute approximate surface area is 111 Å². The number of anilines is 1. The fourth-order valence-electron chi connectivity index (χ4n) is 1.59. The van der Waals surface area contributed by atoms with Crippen molar-refractivity contribution >= 4 is 22.7 Å². The highest BCUT2D eigenvalue weighted by Crippen LogP contribution is 2.25. The molecule has 2 aromatic rings. The minimum absolute atomic E-state index is 0.265. The molecule has 0 saturated heterocycles. The van der Waals surface area contributed by atoms with Gasteiger partial charge < -0.3 is 5.32 Å². The number of hydrogen-bond donors (Lipinski definition) is 1. The van der Waals surface area contributed by atoms with E-state index in [2.05, 4.69) is 5.32 Å². The number of nitro benzene ring substituents is 1. The van der Waals surface area contributed by atoms with Gasteiger partial charge in [0.25, 0.3) is 5.69 Å². The molecular weight excluding hydrogens is 274 g/mol. The van der Waals surface area contributed by atoms with Crippen molar-refractivity contribution in [2.75, 3.05) is 5.32 Å². The van der Waals surface area contributed by atoms with Gasteiger partial charge in [0, 0.05) is 6.54 Å². The molecule has 1 aromatic heterocycles. The van der Waals surface area contributed by atoms with E-state index < -0.39 is 22.2 Å². The Morgan fingerprint density at radius 3 is 2.42 bits per heavy atom. The normalized spacial score (nSPS) is 10.5. The van der Waals surface area contributed by atoms with Gasteiger partial charge >= 0.3 is 0 Å². The van der Waals surface area contributed by atoms with Crippen molar-refractivity contribution in [2.24, 2.45) is 0 Å². The van der Waals surface area contributed by atoms with E-state index in [-0.39, 0.29) is 12.2 Å². The monoisotopic (exact) mass is 284 g/mol. The fraction of sp³-hybridized carbons (Fsp3) is 0.167. The number of nitrogens with zero attached hydrogens (tertiary/aromatic N) is 1. The van der Waals surface area contributed by atoms with Crippen LogP contribution in [0.3, 0.4) is 0 Å². The predicted octanol–water partition coefficient (Wildman–Crippen LogP) is 3.86. The molecule has 1 heterocycles. The molecule has 100 valence electrons. The van der Waals surface area contributed by atoms with Crippen molar-refractivity contribution < 1.29 is 13.7 Å². The number of benzene rings is 1. The van der Waals surface area contributed by atoms with Crippen molar-refractivity contribution in [3.63, 3.8) is 0 Å². The maximum absolute atomic E-state index is 13.6. The van der Waals surface area contributed by atoms with E-state index in [1.807, 2.05) is 17.7 Å². The topological polar surface area (TPSA) is 55.2 Å². The molecule has 7 heteroatoms. The number of hydrogen-bond acceptors (Lipinski definition) is 4. The number of nitro groups is 1. The number of rotatable bonds is 4. The minimum Gasteiger partial charge on any atom is -0.376 e. The van der Waals surface area contributed by atoms with Gasteiger partial charge in [-0.25, -0.2) is 8.78 Å². The Balaban J connectivity index is 2.21. The molecule has 0 fully saturated rings. The van der Waals surface area contributed by atoms with E-state index in [4.69, 9.17) is 0 Å². The maximum atomic E-state index is 13.6. The lowest BCUT2D eigenvalue weighted by molar-refractivity contribution is -0.385. The highest BCUT2D eigenvalue weighted by Gasteiger charge is 2.16. The Kier molecular flexibility index (Phi) is 3.75. The van der Waals surface area contributed by atoms with Crippen LogP contribution in [0.25, 0.3) is 0 Å². The molecule has 0 aliphatic heterocycles. The van der Waals surface area contributed by atoms with Gasteiger partial charge in [-0.2, -0.15) is 11.3 Å². The molecule has 0 unspecified atom stereocenters. The number of nitrogens with one attached hydrogen (secondary N) is 1. The summed E-state index contributed by atoms with van der Waals surface area (Å²) in [6.07, 6.45) is 0. The molecule has 19 heavy (non-hydrogen) atoms. The number of non-ortho nitro benzene ring substituents is 1. The molecular formula is C12H10F2N2O2S. The van der Waals surface area contributed by atoms with Gasteiger partial charge in [-0.15, -0.1) is 0 Å². The molecule has 1 aromatic carbocycles. The van der Waals surface area contributed by atoms with E-state index in [1.54, 1.807) is 0 Å². The molecule has 0 bridgehead atoms. The van der Waals surface area contributed by atoms with Crippen molar-refractivity contribution in [2.45, 2.75) is 13.5 Å². The van der Waals surface area contributed by atoms with E-state index >= 15 is 0 Å². The summed E-state index contributed by atoms with van der Waals surface area (Å²) in [4.78, 5) is 9.62. The Hall–Kier alpha value is -2.02. The van der Waals surface area contributed by atoms with Gasteiger partial charge in [0.05, 0.1) is 17.1 Å². The zero-order valence-electron chi connectivity index (χ0n) is 9.94. The molecule has 4 nitrogen and oxygen atoms in total. The first-order chi connectivity index (χ1) is 8.99. The second-order valence-electron chi connectivity index (χ2n) is 3.98. The first-order valence-corrected chi connectivity index (χ1v) is 6.32. The molecule has 0 aliphatic carbocycles. The summed E-state index contributed by atoms with van der Waals surface area (Å²) in [5.41, 5.74) is 1.01. The van der Waals surface area contributed by atoms with Crippen molar-refractivity contribution in [1.29, 1.82) is 0 Å². The molecule has 0 saturated carbocycles. The van der Waals surface area contributed by atoms with Crippen molar-refractivity contribution in [3.8, 4) is 0 Å². The van der Waals surface area contributed by atoms with Crippen LogP contribution >= 0.6 is 11.3 Å². The lowest BCUT2D eigenvalue weighted by atomic mass is 10.2. The lowest BCUT2D eigenvalue weighted by Gasteiger charge is -2.08. The summed E-state index contributed by atoms with van der Waals surface area (Å²) >= 11 is 1.50. The third-order valence-corrected chi connectivity index (χ3v) is 3.57. The van der Waals surface area contributed by atoms with Gasteiger partial charge in [-0.1, -0.05) is 0 Å². The van der Waals surface area contributed by atoms with Crippen LogP contribution < -0.4 is 5.32 Å². The zero-order valence-corrected chi connectivity index (χ0v) is 10.8. The van der Waals surface area contributed by atoms with Crippen LogP contribution in [-0.2, 0) is 6.54 Å². The van der Waals surface area contributed by atoms with E-state index in [9.17, 15) is 18.9 Å². The third-order valence-electron chi connectivity index (χ3n) is 2.65. The largest absolute Gasteiger partial charge is 0.376 e. The SMILES string of the molecule is Cc1cscc1CNc1c(F)cc([N+](=O)[O-])cc1F. The van der Waals surface area contributed by atoms with Crippen LogP contribution in [0.2, 0.25) is 0 Å². The molecule has 0 radical (unpaired) electrons. The van der Waals surface area contributed by atoms with Crippen LogP contribution in [0.15, 0.2) is 22.9 Å². The van der Waals surface area contributed by atoms with E-state index in [1.165, 1.54) is 11.3 Å². The third kappa shape index (κ3) is 2.87. The Bertz CT molecular complexity index is 605. The lowest BCUT2D eigenvalue weighted by Crippen LogP contribution is -2.05. The molecule has 0 spiro atoms. The number of thiophene rings is 1. The van der Waals surface area contributed by atoms with Crippen LogP contribution in [0.4, 0.5) is 20.2 Å². The van der Waals surface area contributed by atoms with Crippen LogP contribution in [-0.4, -0.2) is 4.92 Å². The standard InChI is InChI=1S/C12H10F2N2O2S/c1-7-5-19-6-8(7)4-15-12-10(13)2-9(16(17)18)3-11(12)14/h2-3,5-6,15H,4H2,1H3. The maximum Gasteiger partial charge on any atom is 0.275 e. The zero-order chi connectivity index (χ0) is 14.0. The highest BCUT2D eigenvalue weighted by molar-refractivity contribution is 7.08. The first kappa shape index (κ1) is 13.4. The van der Waals surface area contributed by atoms with E-state index in [0.717, 1.165) is 11.1 Å². The van der Waals surface area contributed by atoms with Crippen LogP contribution in [0.5, 0.6) is 0 Å². The second-order valence-corrected chi connectivity index (χ2v) is 4.72. The van der Waals surface area contributed by atoms with Gasteiger partial charge in [0.2, 0.25) is 0 Å². The van der Waals surface area contributed by atoms with Crippen LogP contribution in [0, 0.1) is 28.7 Å². The predicted molar refractivity (Wildman–Crippen MR) is 69.4 cm³/mol. The summed E-state index contributed by atoms with van der Waals surface area (Å²) < 4.78 is 27.2. The highest BCUT2D eigenvalue weighted by atomic mass is 32.1. The van der Waals surface area contributed by atoms with Crippen LogP contribution in [0.1, 0.15) is 11.1 Å². The first-order valence-electron chi connectivity index (χ1n) is 5.38. The quantitative estimate of drug-likeness (QED) is 0.685. The Morgan fingerprint density at radius 2 is 1.95 bits per heavy atom. The smallest absolute Gasteiger partial charge is 0.275 e. The molecule has 0 aliphatic rings. The average Bonchev–Trinajstić information content (AvgIpc) is 2.73. The Morgan fingerprint density at radius 1 is 1.32 bits per heavy atom. The van der Waals surface area contributed by atoms with Crippen molar-refractivity contribution in [1.82, 2.24) is 0 Å². The fourth-order valence-corrected chi connectivity index (χ4v) is 2.44. The van der Waals surface area contributed by atoms with Gasteiger partial charge in [0.1, 0.15) is 5.69 Å². The van der Waals surface area contributed by atoms with Crippen molar-refractivity contribution in [3.05, 3.63) is 55.8 Å². The molecule has 0 amide bonds. The number of halogens is 2. The molecule has 1 N–H and O–H groups in total. The van der Waals surface area contributed by atoms with Gasteiger partial charge in [-0.3, -0.25) is 10.1 Å². The second kappa shape index (κ2) is 5.31. The average molecular weight is 284 g/mol. The minimum atomic E-state index is -0.973. The summed E-state index contributed by atoms with van der Waals surface area (Å²) in [7, 11) is 0. The number of aryl methyl sites for hydroxylation is 1. The summed E-state index contributed by atoms with van der Waals surface area (Å²) in [6.45, 7) is 2.16. The summed E-state index contributed by atoms with van der Waals surface area (Å²) in [6, 6.07) is 1.40. The van der Waals surface area contributed by atoms with E-state index in [0.29, 0.717) is 12.1 Å². The molecule has 2 rings (SSSR count). The molecule has 0 atom stereocenters. The van der Waals surface area contributed by atoms with Gasteiger partial charge in [0.15, 0.2) is 11.6 Å².